The van der Waals surface area contributed by atoms with Gasteiger partial charge in [-0.2, -0.15) is 0 Å². The van der Waals surface area contributed by atoms with Crippen LogP contribution in [0.15, 0.2) is 47.4 Å². The molecule has 2 aromatic carbocycles. The number of carbonyl (C=O) groups is 2. The molecule has 0 unspecified atom stereocenters. The van der Waals surface area contributed by atoms with E-state index in [1.165, 1.54) is 11.8 Å². The number of thiocarbonyl (C=S) groups is 1. The second-order valence-electron chi connectivity index (χ2n) is 7.50. The van der Waals surface area contributed by atoms with E-state index in [0.717, 1.165) is 16.9 Å². The number of benzene rings is 2. The number of rotatable bonds is 11. The van der Waals surface area contributed by atoms with Crippen molar-refractivity contribution in [1.82, 2.24) is 10.2 Å². The number of hydrogen-bond acceptors (Lipinski definition) is 7. The zero-order valence-corrected chi connectivity index (χ0v) is 21.1. The molecule has 180 valence electrons. The Morgan fingerprint density at radius 3 is 2.62 bits per heavy atom. The second-order valence-corrected chi connectivity index (χ2v) is 9.18. The average Bonchev–Trinajstić information content (AvgIpc) is 3.11. The summed E-state index contributed by atoms with van der Waals surface area (Å²) < 4.78 is 16.3. The van der Waals surface area contributed by atoms with Gasteiger partial charge in [-0.05, 0) is 54.3 Å². The number of nitrogens with zero attached hydrogens (tertiary/aromatic N) is 1. The van der Waals surface area contributed by atoms with Crippen molar-refractivity contribution < 1.29 is 23.8 Å². The van der Waals surface area contributed by atoms with Crippen LogP contribution in [0.3, 0.4) is 0 Å². The molecular formula is C25H28N2O5S2. The fraction of sp³-hybridized carbons (Fsp3) is 0.320. The number of nitrogens with one attached hydrogen (secondary N) is 1. The van der Waals surface area contributed by atoms with Gasteiger partial charge in [0.15, 0.2) is 11.5 Å². The summed E-state index contributed by atoms with van der Waals surface area (Å²) in [6.45, 7) is 0.919. The predicted octanol–water partition coefficient (Wildman–Crippen LogP) is 4.05. The predicted molar refractivity (Wildman–Crippen MR) is 138 cm³/mol. The Balaban J connectivity index is 1.44. The summed E-state index contributed by atoms with van der Waals surface area (Å²) in [5.74, 6) is 1.87. The maximum absolute atomic E-state index is 12.8. The molecule has 1 heterocycles. The summed E-state index contributed by atoms with van der Waals surface area (Å²) in [7, 11) is 4.79. The third kappa shape index (κ3) is 6.74. The quantitative estimate of drug-likeness (QED) is 0.368. The van der Waals surface area contributed by atoms with Gasteiger partial charge < -0.3 is 19.5 Å². The van der Waals surface area contributed by atoms with Crippen molar-refractivity contribution >= 4 is 46.2 Å². The van der Waals surface area contributed by atoms with Crippen LogP contribution in [-0.4, -0.2) is 55.5 Å². The van der Waals surface area contributed by atoms with Crippen LogP contribution in [0.25, 0.3) is 6.08 Å². The van der Waals surface area contributed by atoms with E-state index in [0.29, 0.717) is 53.1 Å². The molecule has 9 heteroatoms. The number of methoxy groups -OCH3 is 3. The highest BCUT2D eigenvalue weighted by Crippen LogP contribution is 2.33. The van der Waals surface area contributed by atoms with Gasteiger partial charge in [0.05, 0.1) is 26.2 Å². The van der Waals surface area contributed by atoms with E-state index in [4.69, 9.17) is 26.4 Å². The smallest absolute Gasteiger partial charge is 0.266 e. The standard InChI is InChI=1S/C25H28N2O5S2/c1-30-19-7-4-6-18(14-19)16-22-24(29)27(25(33)34-22)13-5-8-23(28)26-12-11-17-9-10-20(31-2)21(15-17)32-3/h4,6-7,9-10,14-16H,5,8,11-13H2,1-3H3,(H,26,28)/b22-16-. The SMILES string of the molecule is COc1cccc(/C=C2\SC(=S)N(CCCC(=O)NCCc3ccc(OC)c(OC)c3)C2=O)c1. The second kappa shape index (κ2) is 12.4. The molecule has 0 saturated carbocycles. The summed E-state index contributed by atoms with van der Waals surface area (Å²) in [6, 6.07) is 13.2. The zero-order valence-electron chi connectivity index (χ0n) is 19.5. The first-order valence-corrected chi connectivity index (χ1v) is 12.0. The van der Waals surface area contributed by atoms with E-state index < -0.39 is 0 Å². The molecule has 0 aliphatic carbocycles. The normalized spacial score (nSPS) is 14.4. The number of carbonyl (C=O) groups excluding carboxylic acids is 2. The van der Waals surface area contributed by atoms with Crippen molar-refractivity contribution in [2.45, 2.75) is 19.3 Å². The highest BCUT2D eigenvalue weighted by atomic mass is 32.2. The van der Waals surface area contributed by atoms with Crippen LogP contribution in [0.4, 0.5) is 0 Å². The Morgan fingerprint density at radius 1 is 1.09 bits per heavy atom. The summed E-state index contributed by atoms with van der Waals surface area (Å²) in [6.07, 6.45) is 3.33. The average molecular weight is 501 g/mol. The van der Waals surface area contributed by atoms with Crippen molar-refractivity contribution in [3.8, 4) is 17.2 Å². The number of thioether (sulfide) groups is 1. The molecule has 0 spiro atoms. The van der Waals surface area contributed by atoms with Crippen LogP contribution in [0.1, 0.15) is 24.0 Å². The monoisotopic (exact) mass is 500 g/mol. The van der Waals surface area contributed by atoms with Crippen molar-refractivity contribution in [1.29, 1.82) is 0 Å². The highest BCUT2D eigenvalue weighted by Gasteiger charge is 2.31. The molecule has 1 fully saturated rings. The zero-order chi connectivity index (χ0) is 24.5. The van der Waals surface area contributed by atoms with Gasteiger partial charge in [-0.25, -0.2) is 0 Å². The van der Waals surface area contributed by atoms with Crippen molar-refractivity contribution in [2.24, 2.45) is 0 Å². The lowest BCUT2D eigenvalue weighted by Gasteiger charge is -2.14. The van der Waals surface area contributed by atoms with Gasteiger partial charge in [-0.3, -0.25) is 14.5 Å². The van der Waals surface area contributed by atoms with Gasteiger partial charge in [-0.15, -0.1) is 0 Å². The Morgan fingerprint density at radius 2 is 1.88 bits per heavy atom. The van der Waals surface area contributed by atoms with Crippen molar-refractivity contribution in [3.05, 3.63) is 58.5 Å². The minimum Gasteiger partial charge on any atom is -0.497 e. The van der Waals surface area contributed by atoms with E-state index in [9.17, 15) is 9.59 Å². The van der Waals surface area contributed by atoms with Gasteiger partial charge in [-0.1, -0.05) is 42.2 Å². The van der Waals surface area contributed by atoms with E-state index in [2.05, 4.69) is 5.32 Å². The lowest BCUT2D eigenvalue weighted by atomic mass is 10.1. The van der Waals surface area contributed by atoms with Crippen LogP contribution < -0.4 is 19.5 Å². The van der Waals surface area contributed by atoms with Crippen LogP contribution in [0.5, 0.6) is 17.2 Å². The van der Waals surface area contributed by atoms with Gasteiger partial charge in [0.1, 0.15) is 10.1 Å². The van der Waals surface area contributed by atoms with E-state index >= 15 is 0 Å². The van der Waals surface area contributed by atoms with E-state index in [1.54, 1.807) is 26.2 Å². The molecule has 0 aromatic heterocycles. The lowest BCUT2D eigenvalue weighted by Crippen LogP contribution is -2.31. The molecular weight excluding hydrogens is 472 g/mol. The minimum atomic E-state index is -0.133. The molecule has 2 aromatic rings. The first-order valence-electron chi connectivity index (χ1n) is 10.8. The molecule has 3 rings (SSSR count). The number of ether oxygens (including phenoxy) is 3. The molecule has 1 aliphatic rings. The molecule has 7 nitrogen and oxygen atoms in total. The third-order valence-electron chi connectivity index (χ3n) is 5.23. The lowest BCUT2D eigenvalue weighted by molar-refractivity contribution is -0.123. The number of amides is 2. The van der Waals surface area contributed by atoms with Gasteiger partial charge in [0, 0.05) is 19.5 Å². The molecule has 1 aliphatic heterocycles. The Kier molecular flexibility index (Phi) is 9.35. The third-order valence-corrected chi connectivity index (χ3v) is 6.61. The fourth-order valence-electron chi connectivity index (χ4n) is 3.44. The molecule has 34 heavy (non-hydrogen) atoms. The molecule has 2 amide bonds. The Bertz CT molecular complexity index is 1090. The Hall–Kier alpha value is -3.04. The summed E-state index contributed by atoms with van der Waals surface area (Å²) in [4.78, 5) is 27.1. The van der Waals surface area contributed by atoms with Crippen LogP contribution in [-0.2, 0) is 16.0 Å². The topological polar surface area (TPSA) is 77.1 Å². The highest BCUT2D eigenvalue weighted by molar-refractivity contribution is 8.26. The van der Waals surface area contributed by atoms with E-state index in [1.807, 2.05) is 48.5 Å². The van der Waals surface area contributed by atoms with Crippen LogP contribution >= 0.6 is 24.0 Å². The summed E-state index contributed by atoms with van der Waals surface area (Å²) >= 11 is 6.66. The van der Waals surface area contributed by atoms with E-state index in [-0.39, 0.29) is 11.8 Å². The molecule has 0 radical (unpaired) electrons. The van der Waals surface area contributed by atoms with Gasteiger partial charge in [0.25, 0.3) is 5.91 Å². The molecule has 1 N–H and O–H groups in total. The van der Waals surface area contributed by atoms with Crippen LogP contribution in [0, 0.1) is 0 Å². The minimum absolute atomic E-state index is 0.0576. The molecule has 1 saturated heterocycles. The van der Waals surface area contributed by atoms with Gasteiger partial charge in [0.2, 0.25) is 5.91 Å². The summed E-state index contributed by atoms with van der Waals surface area (Å²) in [5, 5.41) is 2.92. The van der Waals surface area contributed by atoms with Gasteiger partial charge >= 0.3 is 0 Å². The fourth-order valence-corrected chi connectivity index (χ4v) is 4.75. The van der Waals surface area contributed by atoms with Crippen molar-refractivity contribution in [2.75, 3.05) is 34.4 Å². The number of hydrogen-bond donors (Lipinski definition) is 1. The maximum atomic E-state index is 12.8. The van der Waals surface area contributed by atoms with Crippen molar-refractivity contribution in [3.63, 3.8) is 0 Å². The molecule has 0 atom stereocenters. The maximum Gasteiger partial charge on any atom is 0.266 e. The van der Waals surface area contributed by atoms with Crippen LogP contribution in [0.2, 0.25) is 0 Å². The summed E-state index contributed by atoms with van der Waals surface area (Å²) in [5.41, 5.74) is 1.91. The first kappa shape index (κ1) is 25.6. The molecule has 0 bridgehead atoms. The largest absolute Gasteiger partial charge is 0.497 e. The Labute approximate surface area is 209 Å². The first-order chi connectivity index (χ1) is 16.4.